The number of piperazine rings is 1. The molecule has 0 saturated carbocycles. The van der Waals surface area contributed by atoms with Crippen LogP contribution in [-0.2, 0) is 0 Å². The van der Waals surface area contributed by atoms with Crippen LogP contribution in [0.3, 0.4) is 0 Å². The summed E-state index contributed by atoms with van der Waals surface area (Å²) in [5.41, 5.74) is 1.83. The maximum atomic E-state index is 12.4. The van der Waals surface area contributed by atoms with E-state index in [9.17, 15) is 4.79 Å². The molecule has 1 saturated heterocycles. The number of carbonyl (C=O) groups excluding carboxylic acids is 1. The molecule has 0 spiro atoms. The van der Waals surface area contributed by atoms with Gasteiger partial charge in [0, 0.05) is 35.7 Å². The minimum atomic E-state index is 0.143. The predicted molar refractivity (Wildman–Crippen MR) is 72.2 cm³/mol. The Kier molecular flexibility index (Phi) is 3.84. The molecule has 1 N–H and O–H groups in total. The smallest absolute Gasteiger partial charge is 0.254 e. The molecule has 0 aromatic heterocycles. The number of hydrogen-bond donors (Lipinski definition) is 1. The Morgan fingerprint density at radius 2 is 2.29 bits per heavy atom. The van der Waals surface area contributed by atoms with Crippen molar-refractivity contribution in [1.82, 2.24) is 10.2 Å². The van der Waals surface area contributed by atoms with Crippen molar-refractivity contribution in [3.05, 3.63) is 33.8 Å². The Hall–Kier alpha value is -0.870. The third kappa shape index (κ3) is 2.69. The average Bonchev–Trinajstić information content (AvgIpc) is 2.29. The van der Waals surface area contributed by atoms with E-state index in [1.165, 1.54) is 0 Å². The van der Waals surface area contributed by atoms with Crippen molar-refractivity contribution in [2.24, 2.45) is 0 Å². The molecule has 17 heavy (non-hydrogen) atoms. The standard InChI is InChI=1S/C13H17BrN2O/c1-9-7-11(14)3-4-12(9)13(17)16-6-5-15-8-10(16)2/h3-4,7,10,15H,5-6,8H2,1-2H3. The van der Waals surface area contributed by atoms with Gasteiger partial charge in [-0.1, -0.05) is 15.9 Å². The summed E-state index contributed by atoms with van der Waals surface area (Å²) in [6, 6.07) is 6.07. The number of carbonyl (C=O) groups is 1. The fourth-order valence-electron chi connectivity index (χ4n) is 2.16. The van der Waals surface area contributed by atoms with E-state index < -0.39 is 0 Å². The van der Waals surface area contributed by atoms with E-state index in [-0.39, 0.29) is 11.9 Å². The van der Waals surface area contributed by atoms with E-state index in [4.69, 9.17) is 0 Å². The van der Waals surface area contributed by atoms with Gasteiger partial charge in [-0.25, -0.2) is 0 Å². The molecule has 2 rings (SSSR count). The maximum absolute atomic E-state index is 12.4. The first-order chi connectivity index (χ1) is 8.09. The van der Waals surface area contributed by atoms with Gasteiger partial charge in [0.15, 0.2) is 0 Å². The molecule has 0 bridgehead atoms. The first-order valence-corrected chi connectivity index (χ1v) is 6.66. The van der Waals surface area contributed by atoms with Crippen molar-refractivity contribution in [3.8, 4) is 0 Å². The zero-order chi connectivity index (χ0) is 12.4. The molecule has 0 radical (unpaired) electrons. The Labute approximate surface area is 110 Å². The summed E-state index contributed by atoms with van der Waals surface area (Å²) in [5, 5.41) is 3.29. The van der Waals surface area contributed by atoms with Gasteiger partial charge >= 0.3 is 0 Å². The summed E-state index contributed by atoms with van der Waals surface area (Å²) < 4.78 is 1.01. The van der Waals surface area contributed by atoms with Crippen molar-refractivity contribution in [3.63, 3.8) is 0 Å². The third-order valence-corrected chi connectivity index (χ3v) is 3.67. The second-order valence-corrected chi connectivity index (χ2v) is 5.43. The van der Waals surface area contributed by atoms with Crippen molar-refractivity contribution in [2.75, 3.05) is 19.6 Å². The van der Waals surface area contributed by atoms with Gasteiger partial charge < -0.3 is 10.2 Å². The molecule has 4 heteroatoms. The maximum Gasteiger partial charge on any atom is 0.254 e. The highest BCUT2D eigenvalue weighted by molar-refractivity contribution is 9.10. The van der Waals surface area contributed by atoms with E-state index in [1.807, 2.05) is 30.0 Å². The van der Waals surface area contributed by atoms with Crippen molar-refractivity contribution >= 4 is 21.8 Å². The number of rotatable bonds is 1. The Morgan fingerprint density at radius 1 is 1.53 bits per heavy atom. The summed E-state index contributed by atoms with van der Waals surface area (Å²) >= 11 is 3.42. The summed E-state index contributed by atoms with van der Waals surface area (Å²) in [4.78, 5) is 14.4. The van der Waals surface area contributed by atoms with E-state index in [2.05, 4.69) is 28.2 Å². The number of nitrogens with one attached hydrogen (secondary N) is 1. The molecule has 1 aliphatic rings. The molecule has 1 atom stereocenters. The lowest BCUT2D eigenvalue weighted by Gasteiger charge is -2.34. The molecule has 1 aromatic rings. The van der Waals surface area contributed by atoms with E-state index >= 15 is 0 Å². The van der Waals surface area contributed by atoms with Crippen LogP contribution in [0.4, 0.5) is 0 Å². The summed E-state index contributed by atoms with van der Waals surface area (Å²) in [6.07, 6.45) is 0. The van der Waals surface area contributed by atoms with E-state index in [0.717, 1.165) is 35.2 Å². The quantitative estimate of drug-likeness (QED) is 0.862. The normalized spacial score (nSPS) is 20.4. The number of benzene rings is 1. The lowest BCUT2D eigenvalue weighted by Crippen LogP contribution is -2.52. The van der Waals surface area contributed by atoms with Gasteiger partial charge in [-0.2, -0.15) is 0 Å². The Bertz CT molecular complexity index is 433. The van der Waals surface area contributed by atoms with Crippen LogP contribution in [0.25, 0.3) is 0 Å². The highest BCUT2D eigenvalue weighted by Gasteiger charge is 2.24. The van der Waals surface area contributed by atoms with E-state index in [1.54, 1.807) is 0 Å². The first-order valence-electron chi connectivity index (χ1n) is 5.87. The summed E-state index contributed by atoms with van der Waals surface area (Å²) in [7, 11) is 0. The number of amides is 1. The molecule has 92 valence electrons. The predicted octanol–water partition coefficient (Wildman–Crippen LogP) is 2.19. The van der Waals surface area contributed by atoms with Crippen LogP contribution >= 0.6 is 15.9 Å². The van der Waals surface area contributed by atoms with Crippen LogP contribution in [0, 0.1) is 6.92 Å². The minimum absolute atomic E-state index is 0.143. The fraction of sp³-hybridized carbons (Fsp3) is 0.462. The molecule has 1 aromatic carbocycles. The summed E-state index contributed by atoms with van der Waals surface area (Å²) in [5.74, 6) is 0.143. The minimum Gasteiger partial charge on any atom is -0.333 e. The second-order valence-electron chi connectivity index (χ2n) is 4.51. The third-order valence-electron chi connectivity index (χ3n) is 3.18. The highest BCUT2D eigenvalue weighted by Crippen LogP contribution is 2.18. The topological polar surface area (TPSA) is 32.3 Å². The SMILES string of the molecule is Cc1cc(Br)ccc1C(=O)N1CCNCC1C. The highest BCUT2D eigenvalue weighted by atomic mass is 79.9. The molecule has 0 aliphatic carbocycles. The zero-order valence-electron chi connectivity index (χ0n) is 10.2. The molecular weight excluding hydrogens is 280 g/mol. The van der Waals surface area contributed by atoms with Crippen molar-refractivity contribution in [2.45, 2.75) is 19.9 Å². The van der Waals surface area contributed by atoms with Crippen LogP contribution in [-0.4, -0.2) is 36.5 Å². The monoisotopic (exact) mass is 296 g/mol. The molecule has 1 aliphatic heterocycles. The number of aryl methyl sites for hydroxylation is 1. The number of nitrogens with zero attached hydrogens (tertiary/aromatic N) is 1. The molecule has 3 nitrogen and oxygen atoms in total. The molecule has 1 amide bonds. The van der Waals surface area contributed by atoms with Gasteiger partial charge in [-0.05, 0) is 37.6 Å². The van der Waals surface area contributed by atoms with E-state index in [0.29, 0.717) is 0 Å². The van der Waals surface area contributed by atoms with Crippen LogP contribution in [0.2, 0.25) is 0 Å². The lowest BCUT2D eigenvalue weighted by molar-refractivity contribution is 0.0655. The number of hydrogen-bond acceptors (Lipinski definition) is 2. The van der Waals surface area contributed by atoms with Crippen molar-refractivity contribution in [1.29, 1.82) is 0 Å². The van der Waals surface area contributed by atoms with Crippen LogP contribution in [0.5, 0.6) is 0 Å². The van der Waals surface area contributed by atoms with Crippen LogP contribution in [0.1, 0.15) is 22.8 Å². The van der Waals surface area contributed by atoms with Gasteiger partial charge in [0.05, 0.1) is 0 Å². The second kappa shape index (κ2) is 5.19. The van der Waals surface area contributed by atoms with Crippen LogP contribution < -0.4 is 5.32 Å². The Balaban J connectivity index is 2.24. The van der Waals surface area contributed by atoms with Gasteiger partial charge in [0.25, 0.3) is 5.91 Å². The molecule has 1 fully saturated rings. The van der Waals surface area contributed by atoms with Gasteiger partial charge in [0.1, 0.15) is 0 Å². The average molecular weight is 297 g/mol. The number of halogens is 1. The summed E-state index contributed by atoms with van der Waals surface area (Å²) in [6.45, 7) is 6.60. The van der Waals surface area contributed by atoms with Gasteiger partial charge in [0.2, 0.25) is 0 Å². The molecule has 1 heterocycles. The Morgan fingerprint density at radius 3 is 2.94 bits per heavy atom. The van der Waals surface area contributed by atoms with Gasteiger partial charge in [-0.15, -0.1) is 0 Å². The van der Waals surface area contributed by atoms with Gasteiger partial charge in [-0.3, -0.25) is 4.79 Å². The zero-order valence-corrected chi connectivity index (χ0v) is 11.8. The van der Waals surface area contributed by atoms with Crippen molar-refractivity contribution < 1.29 is 4.79 Å². The lowest BCUT2D eigenvalue weighted by atomic mass is 10.1. The largest absolute Gasteiger partial charge is 0.333 e. The van der Waals surface area contributed by atoms with Crippen LogP contribution in [0.15, 0.2) is 22.7 Å². The molecular formula is C13H17BrN2O. The fourth-order valence-corrected chi connectivity index (χ4v) is 2.64. The first kappa shape index (κ1) is 12.6. The molecule has 1 unspecified atom stereocenters.